The van der Waals surface area contributed by atoms with Gasteiger partial charge in [0.05, 0.1) is 36.9 Å². The molecule has 0 radical (unpaired) electrons. The zero-order valence-corrected chi connectivity index (χ0v) is 14.9. The van der Waals surface area contributed by atoms with E-state index in [4.69, 9.17) is 18.9 Å². The number of fused-ring (bicyclic) bond motifs is 2. The first-order chi connectivity index (χ1) is 12.5. The summed E-state index contributed by atoms with van der Waals surface area (Å²) < 4.78 is 22.5. The van der Waals surface area contributed by atoms with Gasteiger partial charge in [0.25, 0.3) is 10.2 Å². The van der Waals surface area contributed by atoms with Crippen LogP contribution in [0.2, 0.25) is 0 Å². The molecular formula is C12H16N2O10S2. The number of ether oxygens (including phenoxy) is 4. The average Bonchev–Trinajstić information content (AvgIpc) is 3.30. The molecule has 14 heteroatoms. The third-order valence-electron chi connectivity index (χ3n) is 4.67. The quantitative estimate of drug-likeness (QED) is 0.312. The maximum Gasteiger partial charge on any atom is 0.294 e. The van der Waals surface area contributed by atoms with Crippen molar-refractivity contribution in [1.29, 1.82) is 0 Å². The van der Waals surface area contributed by atoms with Gasteiger partial charge in [-0.15, -0.1) is 20.2 Å². The molecule has 8 atom stereocenters. The van der Waals surface area contributed by atoms with Gasteiger partial charge in [-0.05, 0) is 0 Å². The first-order valence-corrected chi connectivity index (χ1v) is 10.2. The van der Waals surface area contributed by atoms with E-state index >= 15 is 0 Å². The van der Waals surface area contributed by atoms with Crippen LogP contribution in [0.25, 0.3) is 0 Å². The third-order valence-corrected chi connectivity index (χ3v) is 7.90. The van der Waals surface area contributed by atoms with E-state index in [1.54, 1.807) is 21.6 Å². The predicted octanol–water partition coefficient (Wildman–Crippen LogP) is -0.146. The highest BCUT2D eigenvalue weighted by atomic mass is 33.1. The van der Waals surface area contributed by atoms with E-state index in [1.165, 1.54) is 0 Å². The van der Waals surface area contributed by atoms with Gasteiger partial charge < -0.3 is 28.6 Å². The Bertz CT molecular complexity index is 522. The Labute approximate surface area is 154 Å². The normalized spacial score (nSPS) is 43.8. The predicted molar refractivity (Wildman–Crippen MR) is 85.5 cm³/mol. The number of hydrogen-bond donors (Lipinski definition) is 0. The fraction of sp³-hybridized carbons (Fsp3) is 1.00. The molecule has 4 saturated heterocycles. The van der Waals surface area contributed by atoms with Crippen molar-refractivity contribution in [3.05, 3.63) is 20.2 Å². The Morgan fingerprint density at radius 3 is 1.46 bits per heavy atom. The minimum absolute atomic E-state index is 0.00312. The summed E-state index contributed by atoms with van der Waals surface area (Å²) in [5.41, 5.74) is 0. The molecule has 4 rings (SSSR count). The summed E-state index contributed by atoms with van der Waals surface area (Å²) in [6.07, 6.45) is -2.86. The smallest absolute Gasteiger partial charge is 0.294 e. The molecule has 146 valence electrons. The van der Waals surface area contributed by atoms with Crippen molar-refractivity contribution in [2.45, 2.75) is 47.1 Å². The minimum Gasteiger partial charge on any atom is -0.372 e. The standard InChI is InChI=1S/C12H16N2O10S2/c15-13(16)23-5-1-19-11-7(3-21-9(5)11)25-26-8-4-22-10-6(24-14(17)18)2-20-12(8)10/h5-12H,1-4H2/t5-,6-,7+,8?,9-,10-,11-,12-/m1/s1. The Balaban J connectivity index is 1.27. The monoisotopic (exact) mass is 412 g/mol. The van der Waals surface area contributed by atoms with Crippen molar-refractivity contribution in [1.82, 2.24) is 0 Å². The second-order valence-corrected chi connectivity index (χ2v) is 8.95. The minimum atomic E-state index is -0.828. The lowest BCUT2D eigenvalue weighted by molar-refractivity contribution is -0.769. The van der Waals surface area contributed by atoms with Crippen LogP contribution < -0.4 is 0 Å². The van der Waals surface area contributed by atoms with E-state index in [9.17, 15) is 20.2 Å². The molecule has 0 saturated carbocycles. The van der Waals surface area contributed by atoms with E-state index < -0.39 is 34.6 Å². The molecule has 4 fully saturated rings. The van der Waals surface area contributed by atoms with Crippen LogP contribution in [0.4, 0.5) is 0 Å². The summed E-state index contributed by atoms with van der Waals surface area (Å²) in [4.78, 5) is 30.2. The number of nitrogens with zero attached hydrogens (tertiary/aromatic N) is 2. The van der Waals surface area contributed by atoms with Gasteiger partial charge >= 0.3 is 0 Å². The molecule has 0 aromatic carbocycles. The van der Waals surface area contributed by atoms with E-state index in [0.29, 0.717) is 13.2 Å². The van der Waals surface area contributed by atoms with Crippen molar-refractivity contribution in [3.63, 3.8) is 0 Å². The SMILES string of the molecule is O=[N+]([O-])O[C@@H]1CO[C@H]2[C@@H]1OC[C@@H]2SSC1CO[C@H]2[C@@H]1OC[C@H]2O[N+](=O)[O-]. The summed E-state index contributed by atoms with van der Waals surface area (Å²) >= 11 is 0. The van der Waals surface area contributed by atoms with Crippen LogP contribution in [0.15, 0.2) is 0 Å². The highest BCUT2D eigenvalue weighted by Gasteiger charge is 2.52. The summed E-state index contributed by atoms with van der Waals surface area (Å²) in [6.45, 7) is 1.05. The zero-order valence-electron chi connectivity index (χ0n) is 13.2. The lowest BCUT2D eigenvalue weighted by atomic mass is 10.1. The Morgan fingerprint density at radius 1 is 0.692 bits per heavy atom. The first-order valence-electron chi connectivity index (χ1n) is 7.94. The van der Waals surface area contributed by atoms with Crippen LogP contribution in [0.5, 0.6) is 0 Å². The highest BCUT2D eigenvalue weighted by molar-refractivity contribution is 8.77. The van der Waals surface area contributed by atoms with Gasteiger partial charge in [-0.1, -0.05) is 21.6 Å². The van der Waals surface area contributed by atoms with Crippen LogP contribution in [0.3, 0.4) is 0 Å². The van der Waals surface area contributed by atoms with Crippen LogP contribution >= 0.6 is 21.6 Å². The fourth-order valence-corrected chi connectivity index (χ4v) is 6.65. The van der Waals surface area contributed by atoms with Crippen molar-refractivity contribution in [2.24, 2.45) is 0 Å². The van der Waals surface area contributed by atoms with E-state index in [2.05, 4.69) is 9.68 Å². The van der Waals surface area contributed by atoms with Gasteiger partial charge in [0, 0.05) is 0 Å². The van der Waals surface area contributed by atoms with E-state index in [0.717, 1.165) is 0 Å². The van der Waals surface area contributed by atoms with Crippen molar-refractivity contribution < 1.29 is 38.8 Å². The molecule has 0 N–H and O–H groups in total. The molecule has 26 heavy (non-hydrogen) atoms. The Kier molecular flexibility index (Phi) is 5.29. The van der Waals surface area contributed by atoms with Crippen molar-refractivity contribution in [2.75, 3.05) is 26.4 Å². The molecule has 0 bridgehead atoms. The highest BCUT2D eigenvalue weighted by Crippen LogP contribution is 2.45. The lowest BCUT2D eigenvalue weighted by Gasteiger charge is -2.19. The van der Waals surface area contributed by atoms with Gasteiger partial charge in [0.2, 0.25) is 0 Å². The van der Waals surface area contributed by atoms with Gasteiger partial charge in [-0.2, -0.15) is 0 Å². The maximum atomic E-state index is 10.5. The molecule has 0 amide bonds. The van der Waals surface area contributed by atoms with Crippen molar-refractivity contribution >= 4 is 21.6 Å². The van der Waals surface area contributed by atoms with Crippen LogP contribution in [-0.2, 0) is 28.6 Å². The molecule has 12 nitrogen and oxygen atoms in total. The fourth-order valence-electron chi connectivity index (χ4n) is 3.57. The lowest BCUT2D eigenvalue weighted by Crippen LogP contribution is -2.34. The van der Waals surface area contributed by atoms with Crippen LogP contribution in [0, 0.1) is 20.2 Å². The molecule has 4 aliphatic rings. The summed E-state index contributed by atoms with van der Waals surface area (Å²) in [6, 6.07) is 0. The molecule has 0 spiro atoms. The average molecular weight is 412 g/mol. The molecule has 0 aromatic rings. The molecule has 4 heterocycles. The van der Waals surface area contributed by atoms with Crippen LogP contribution in [-0.4, -0.2) is 83.7 Å². The molecule has 0 aromatic heterocycles. The summed E-state index contributed by atoms with van der Waals surface area (Å²) in [5.74, 6) is 0. The summed E-state index contributed by atoms with van der Waals surface area (Å²) in [7, 11) is 3.10. The molecular weight excluding hydrogens is 396 g/mol. The largest absolute Gasteiger partial charge is 0.372 e. The second kappa shape index (κ2) is 7.52. The zero-order chi connectivity index (χ0) is 18.3. The molecule has 0 aliphatic carbocycles. The van der Waals surface area contributed by atoms with Crippen LogP contribution in [0.1, 0.15) is 0 Å². The molecule has 4 aliphatic heterocycles. The first kappa shape index (κ1) is 18.3. The molecule has 1 unspecified atom stereocenters. The maximum absolute atomic E-state index is 10.5. The number of hydrogen-bond acceptors (Lipinski definition) is 12. The van der Waals surface area contributed by atoms with Gasteiger partial charge in [-0.25, -0.2) is 0 Å². The topological polar surface area (TPSA) is 142 Å². The Hall–Kier alpha value is -1.06. The summed E-state index contributed by atoms with van der Waals surface area (Å²) in [5, 5.41) is 19.4. The second-order valence-electron chi connectivity index (χ2n) is 6.20. The van der Waals surface area contributed by atoms with Gasteiger partial charge in [0.15, 0.2) is 12.2 Å². The van der Waals surface area contributed by atoms with Crippen molar-refractivity contribution in [3.8, 4) is 0 Å². The third kappa shape index (κ3) is 3.53. The number of rotatable bonds is 7. The Morgan fingerprint density at radius 2 is 1.08 bits per heavy atom. The van der Waals surface area contributed by atoms with E-state index in [-0.39, 0.29) is 35.9 Å². The van der Waals surface area contributed by atoms with E-state index in [1.807, 2.05) is 0 Å². The van der Waals surface area contributed by atoms with Gasteiger partial charge in [0.1, 0.15) is 24.4 Å². The van der Waals surface area contributed by atoms with Gasteiger partial charge in [-0.3, -0.25) is 0 Å².